The standard InChI is InChI=1S/C17H31N3O/c1-16(2,3)15-13-14(18-21-15)7-8-19-9-11-20(12-10-19)17(4,5)6/h13H,7-12H2,1-6H3. The minimum absolute atomic E-state index is 0.0452. The summed E-state index contributed by atoms with van der Waals surface area (Å²) in [6.07, 6.45) is 0.981. The first-order chi connectivity index (χ1) is 9.66. The van der Waals surface area contributed by atoms with Gasteiger partial charge in [-0.25, -0.2) is 0 Å². The molecule has 4 nitrogen and oxygen atoms in total. The van der Waals surface area contributed by atoms with Crippen LogP contribution in [0, 0.1) is 0 Å². The van der Waals surface area contributed by atoms with E-state index in [0.717, 1.165) is 50.6 Å². The summed E-state index contributed by atoms with van der Waals surface area (Å²) in [5.41, 5.74) is 1.42. The van der Waals surface area contributed by atoms with Gasteiger partial charge in [0.2, 0.25) is 0 Å². The third-order valence-electron chi connectivity index (χ3n) is 4.30. The SMILES string of the molecule is CC(C)(C)c1cc(CCN2CCN(C(C)(C)C)CC2)no1. The topological polar surface area (TPSA) is 32.5 Å². The van der Waals surface area contributed by atoms with Crippen molar-refractivity contribution < 1.29 is 4.52 Å². The second kappa shape index (κ2) is 6.09. The van der Waals surface area contributed by atoms with Gasteiger partial charge in [-0.2, -0.15) is 0 Å². The van der Waals surface area contributed by atoms with E-state index in [1.807, 2.05) is 0 Å². The fourth-order valence-electron chi connectivity index (χ4n) is 2.70. The number of piperazine rings is 1. The van der Waals surface area contributed by atoms with Crippen molar-refractivity contribution in [1.29, 1.82) is 0 Å². The van der Waals surface area contributed by atoms with E-state index in [9.17, 15) is 0 Å². The second-order valence-corrected chi connectivity index (χ2v) is 8.18. The van der Waals surface area contributed by atoms with Gasteiger partial charge in [0.05, 0.1) is 5.69 Å². The zero-order valence-electron chi connectivity index (χ0n) is 14.6. The van der Waals surface area contributed by atoms with E-state index in [1.165, 1.54) is 0 Å². The van der Waals surface area contributed by atoms with E-state index in [0.29, 0.717) is 5.54 Å². The van der Waals surface area contributed by atoms with E-state index >= 15 is 0 Å². The Morgan fingerprint density at radius 1 is 1.05 bits per heavy atom. The molecule has 0 unspecified atom stereocenters. The normalized spacial score (nSPS) is 19.1. The van der Waals surface area contributed by atoms with Gasteiger partial charge >= 0.3 is 0 Å². The highest BCUT2D eigenvalue weighted by Crippen LogP contribution is 2.23. The zero-order valence-corrected chi connectivity index (χ0v) is 14.6. The minimum Gasteiger partial charge on any atom is -0.361 e. The summed E-state index contributed by atoms with van der Waals surface area (Å²) >= 11 is 0. The zero-order chi connectivity index (χ0) is 15.7. The lowest BCUT2D eigenvalue weighted by molar-refractivity contribution is 0.0627. The van der Waals surface area contributed by atoms with Crippen molar-refractivity contribution in [2.24, 2.45) is 0 Å². The number of hydrogen-bond donors (Lipinski definition) is 0. The van der Waals surface area contributed by atoms with Crippen molar-refractivity contribution >= 4 is 0 Å². The van der Waals surface area contributed by atoms with Crippen molar-refractivity contribution in [3.63, 3.8) is 0 Å². The summed E-state index contributed by atoms with van der Waals surface area (Å²) < 4.78 is 5.45. The molecule has 0 bridgehead atoms. The van der Waals surface area contributed by atoms with Crippen molar-refractivity contribution in [2.75, 3.05) is 32.7 Å². The van der Waals surface area contributed by atoms with Gasteiger partial charge in [0.1, 0.15) is 5.76 Å². The molecule has 1 saturated heterocycles. The lowest BCUT2D eigenvalue weighted by Crippen LogP contribution is -2.53. The van der Waals surface area contributed by atoms with Crippen LogP contribution in [0.1, 0.15) is 53.0 Å². The Labute approximate surface area is 129 Å². The molecule has 0 N–H and O–H groups in total. The van der Waals surface area contributed by atoms with Crippen LogP contribution in [0.4, 0.5) is 0 Å². The summed E-state index contributed by atoms with van der Waals surface area (Å²) in [5.74, 6) is 0.982. The lowest BCUT2D eigenvalue weighted by atomic mass is 9.93. The van der Waals surface area contributed by atoms with Crippen molar-refractivity contribution in [3.05, 3.63) is 17.5 Å². The molecule has 1 fully saturated rings. The molecule has 1 aromatic rings. The summed E-state index contributed by atoms with van der Waals surface area (Å²) in [5, 5.41) is 4.21. The Morgan fingerprint density at radius 2 is 1.67 bits per heavy atom. The average molecular weight is 293 g/mol. The predicted molar refractivity (Wildman–Crippen MR) is 86.7 cm³/mol. The summed E-state index contributed by atoms with van der Waals surface area (Å²) in [7, 11) is 0. The van der Waals surface area contributed by atoms with E-state index < -0.39 is 0 Å². The molecule has 0 saturated carbocycles. The van der Waals surface area contributed by atoms with Crippen molar-refractivity contribution in [2.45, 2.75) is 58.9 Å². The smallest absolute Gasteiger partial charge is 0.142 e. The highest BCUT2D eigenvalue weighted by Gasteiger charge is 2.26. The number of hydrogen-bond acceptors (Lipinski definition) is 4. The average Bonchev–Trinajstić information content (AvgIpc) is 2.84. The molecule has 0 aliphatic carbocycles. The van der Waals surface area contributed by atoms with Gasteiger partial charge in [-0.05, 0) is 20.8 Å². The molecule has 1 aliphatic rings. The predicted octanol–water partition coefficient (Wildman–Crippen LogP) is 2.93. The monoisotopic (exact) mass is 293 g/mol. The van der Waals surface area contributed by atoms with Crippen LogP contribution in [0.2, 0.25) is 0 Å². The molecule has 2 heterocycles. The maximum absolute atomic E-state index is 5.45. The molecule has 0 spiro atoms. The molecule has 0 aromatic carbocycles. The first-order valence-corrected chi connectivity index (χ1v) is 8.10. The van der Waals surface area contributed by atoms with E-state index in [4.69, 9.17) is 4.52 Å². The molecule has 120 valence electrons. The number of rotatable bonds is 3. The quantitative estimate of drug-likeness (QED) is 0.858. The Bertz CT molecular complexity index is 445. The van der Waals surface area contributed by atoms with Crippen molar-refractivity contribution in [3.8, 4) is 0 Å². The maximum Gasteiger partial charge on any atom is 0.142 e. The Balaban J connectivity index is 1.79. The molecule has 4 heteroatoms. The first-order valence-electron chi connectivity index (χ1n) is 8.10. The summed E-state index contributed by atoms with van der Waals surface area (Å²) in [4.78, 5) is 5.10. The van der Waals surface area contributed by atoms with E-state index in [2.05, 4.69) is 62.6 Å². The van der Waals surface area contributed by atoms with Gasteiger partial charge in [-0.3, -0.25) is 4.90 Å². The van der Waals surface area contributed by atoms with Crippen LogP contribution in [0.5, 0.6) is 0 Å². The highest BCUT2D eigenvalue weighted by atomic mass is 16.5. The van der Waals surface area contributed by atoms with Gasteiger partial charge in [-0.1, -0.05) is 25.9 Å². The summed E-state index contributed by atoms with van der Waals surface area (Å²) in [6, 6.07) is 2.12. The van der Waals surface area contributed by atoms with Crippen LogP contribution in [-0.2, 0) is 11.8 Å². The van der Waals surface area contributed by atoms with Gasteiger partial charge in [0.15, 0.2) is 0 Å². The van der Waals surface area contributed by atoms with E-state index in [-0.39, 0.29) is 5.41 Å². The third-order valence-corrected chi connectivity index (χ3v) is 4.30. The van der Waals surface area contributed by atoms with Gasteiger partial charge in [-0.15, -0.1) is 0 Å². The molecule has 2 rings (SSSR count). The van der Waals surface area contributed by atoms with Crippen LogP contribution in [0.15, 0.2) is 10.6 Å². The molecular weight excluding hydrogens is 262 g/mol. The van der Waals surface area contributed by atoms with Gasteiger partial charge < -0.3 is 9.42 Å². The fourth-order valence-corrected chi connectivity index (χ4v) is 2.70. The van der Waals surface area contributed by atoms with Crippen LogP contribution >= 0.6 is 0 Å². The fraction of sp³-hybridized carbons (Fsp3) is 0.824. The summed E-state index contributed by atoms with van der Waals surface area (Å²) in [6.45, 7) is 19.1. The lowest BCUT2D eigenvalue weighted by Gasteiger charge is -2.42. The second-order valence-electron chi connectivity index (χ2n) is 8.18. The molecule has 0 atom stereocenters. The Morgan fingerprint density at radius 3 is 2.14 bits per heavy atom. The minimum atomic E-state index is 0.0452. The van der Waals surface area contributed by atoms with Crippen LogP contribution < -0.4 is 0 Å². The molecule has 21 heavy (non-hydrogen) atoms. The maximum atomic E-state index is 5.45. The largest absolute Gasteiger partial charge is 0.361 e. The van der Waals surface area contributed by atoms with Crippen molar-refractivity contribution in [1.82, 2.24) is 15.0 Å². The van der Waals surface area contributed by atoms with Gasteiger partial charge in [0.25, 0.3) is 0 Å². The molecule has 1 aromatic heterocycles. The van der Waals surface area contributed by atoms with Crippen LogP contribution in [0.3, 0.4) is 0 Å². The first kappa shape index (κ1) is 16.5. The Kier molecular flexibility index (Phi) is 4.79. The Hall–Kier alpha value is -0.870. The third kappa shape index (κ3) is 4.55. The number of aromatic nitrogens is 1. The van der Waals surface area contributed by atoms with Crippen LogP contribution in [0.25, 0.3) is 0 Å². The highest BCUT2D eigenvalue weighted by molar-refractivity contribution is 5.13. The van der Waals surface area contributed by atoms with E-state index in [1.54, 1.807) is 0 Å². The molecule has 0 radical (unpaired) electrons. The number of nitrogens with zero attached hydrogens (tertiary/aromatic N) is 3. The van der Waals surface area contributed by atoms with Gasteiger partial charge in [0, 0.05) is 56.2 Å². The molecular formula is C17H31N3O. The molecule has 0 amide bonds. The van der Waals surface area contributed by atoms with Crippen LogP contribution in [-0.4, -0.2) is 53.2 Å². The molecule has 1 aliphatic heterocycles.